The second-order valence-electron chi connectivity index (χ2n) is 7.56. The molecule has 0 amide bonds. The Bertz CT molecular complexity index is 663. The topological polar surface area (TPSA) is 46.9 Å². The summed E-state index contributed by atoms with van der Waals surface area (Å²) in [7, 11) is 0. The van der Waals surface area contributed by atoms with E-state index in [4.69, 9.17) is 0 Å². The van der Waals surface area contributed by atoms with Gasteiger partial charge in [0.25, 0.3) is 0 Å². The smallest absolute Gasteiger partial charge is 0.0727 e. The summed E-state index contributed by atoms with van der Waals surface area (Å²) in [5, 5.41) is 21.6. The maximum atomic E-state index is 10.8. The van der Waals surface area contributed by atoms with Crippen LogP contribution in [0.2, 0.25) is 0 Å². The van der Waals surface area contributed by atoms with Crippen molar-refractivity contribution in [2.75, 3.05) is 36.0 Å². The van der Waals surface area contributed by atoms with Gasteiger partial charge < -0.3 is 20.0 Å². The third kappa shape index (κ3) is 3.76. The van der Waals surface area contributed by atoms with Crippen molar-refractivity contribution in [3.05, 3.63) is 59.7 Å². The largest absolute Gasteiger partial charge is 0.392 e. The number of hydrogen-bond acceptors (Lipinski definition) is 4. The zero-order chi connectivity index (χ0) is 20.3. The van der Waals surface area contributed by atoms with E-state index in [0.29, 0.717) is 0 Å². The van der Waals surface area contributed by atoms with Crippen molar-refractivity contribution in [1.29, 1.82) is 0 Å². The van der Waals surface area contributed by atoms with Gasteiger partial charge in [-0.2, -0.15) is 0 Å². The molecule has 0 aromatic heterocycles. The lowest BCUT2D eigenvalue weighted by atomic mass is 9.63. The first-order valence-corrected chi connectivity index (χ1v) is 10.6. The molecule has 1 aliphatic rings. The molecule has 0 saturated heterocycles. The molecule has 3 rings (SSSR count). The SMILES string of the molecule is CCN(CC)c1ccc(C2C(O)C(c3ccc(N(CC)CC)cc3)C2O)cc1. The van der Waals surface area contributed by atoms with Gasteiger partial charge in [-0.3, -0.25) is 0 Å². The van der Waals surface area contributed by atoms with Crippen molar-refractivity contribution in [3.63, 3.8) is 0 Å². The number of rotatable bonds is 8. The summed E-state index contributed by atoms with van der Waals surface area (Å²) in [4.78, 5) is 4.58. The Hall–Kier alpha value is -2.04. The fourth-order valence-corrected chi connectivity index (χ4v) is 4.49. The van der Waals surface area contributed by atoms with E-state index < -0.39 is 12.2 Å². The van der Waals surface area contributed by atoms with E-state index in [0.717, 1.165) is 37.3 Å². The zero-order valence-corrected chi connectivity index (χ0v) is 17.5. The molecule has 2 aromatic carbocycles. The Balaban J connectivity index is 1.72. The normalized spacial score (nSPS) is 23.9. The summed E-state index contributed by atoms with van der Waals surface area (Å²) in [5.41, 5.74) is 4.38. The summed E-state index contributed by atoms with van der Waals surface area (Å²) >= 11 is 0. The van der Waals surface area contributed by atoms with Crippen molar-refractivity contribution < 1.29 is 10.2 Å². The van der Waals surface area contributed by atoms with Gasteiger partial charge in [0.2, 0.25) is 0 Å². The Morgan fingerprint density at radius 3 is 1.11 bits per heavy atom. The summed E-state index contributed by atoms with van der Waals surface area (Å²) < 4.78 is 0. The molecule has 28 heavy (non-hydrogen) atoms. The van der Waals surface area contributed by atoms with Crippen LogP contribution in [0.25, 0.3) is 0 Å². The van der Waals surface area contributed by atoms with Gasteiger partial charge in [-0.05, 0) is 63.1 Å². The summed E-state index contributed by atoms with van der Waals surface area (Å²) in [5.74, 6) is -0.448. The molecule has 0 aliphatic heterocycles. The Labute approximate surface area is 169 Å². The molecule has 0 unspecified atom stereocenters. The van der Waals surface area contributed by atoms with Crippen LogP contribution in [-0.2, 0) is 0 Å². The molecule has 0 radical (unpaired) electrons. The van der Waals surface area contributed by atoms with Crippen LogP contribution in [0, 0.1) is 0 Å². The predicted molar refractivity (Wildman–Crippen MR) is 118 cm³/mol. The molecule has 1 saturated carbocycles. The molecule has 152 valence electrons. The van der Waals surface area contributed by atoms with E-state index in [9.17, 15) is 10.2 Å². The number of aliphatic hydroxyl groups excluding tert-OH is 2. The summed E-state index contributed by atoms with van der Waals surface area (Å²) in [6, 6.07) is 16.5. The average Bonchev–Trinajstić information content (AvgIpc) is 2.72. The number of aliphatic hydroxyl groups is 2. The lowest BCUT2D eigenvalue weighted by molar-refractivity contribution is -0.0785. The van der Waals surface area contributed by atoms with Gasteiger partial charge in [0.1, 0.15) is 0 Å². The summed E-state index contributed by atoms with van der Waals surface area (Å²) in [6.45, 7) is 12.5. The number of anilines is 2. The highest BCUT2D eigenvalue weighted by molar-refractivity contribution is 5.51. The zero-order valence-electron chi connectivity index (χ0n) is 17.5. The van der Waals surface area contributed by atoms with Crippen LogP contribution in [0.15, 0.2) is 48.5 Å². The molecule has 2 aromatic rings. The monoisotopic (exact) mass is 382 g/mol. The third-order valence-electron chi connectivity index (χ3n) is 6.28. The molecule has 4 nitrogen and oxygen atoms in total. The van der Waals surface area contributed by atoms with Crippen LogP contribution in [-0.4, -0.2) is 48.6 Å². The maximum Gasteiger partial charge on any atom is 0.0727 e. The second kappa shape index (κ2) is 8.97. The minimum atomic E-state index is -0.561. The minimum absolute atomic E-state index is 0.224. The van der Waals surface area contributed by atoms with Crippen LogP contribution in [0.1, 0.15) is 50.7 Å². The van der Waals surface area contributed by atoms with Crippen LogP contribution in [0.4, 0.5) is 11.4 Å². The first-order chi connectivity index (χ1) is 13.5. The minimum Gasteiger partial charge on any atom is -0.392 e. The van der Waals surface area contributed by atoms with Crippen molar-refractivity contribution >= 4 is 11.4 Å². The van der Waals surface area contributed by atoms with Crippen LogP contribution in [0.5, 0.6) is 0 Å². The molecular weight excluding hydrogens is 348 g/mol. The predicted octanol–water partition coefficient (Wildman–Crippen LogP) is 3.98. The lowest BCUT2D eigenvalue weighted by Gasteiger charge is -2.47. The second-order valence-corrected chi connectivity index (χ2v) is 7.56. The molecule has 2 N–H and O–H groups in total. The molecule has 0 spiro atoms. The van der Waals surface area contributed by atoms with Gasteiger partial charge in [0.15, 0.2) is 0 Å². The molecule has 0 bridgehead atoms. The molecule has 1 aliphatic carbocycles. The van der Waals surface area contributed by atoms with E-state index in [1.807, 2.05) is 24.3 Å². The quantitative estimate of drug-likeness (QED) is 0.725. The van der Waals surface area contributed by atoms with E-state index in [-0.39, 0.29) is 11.8 Å². The van der Waals surface area contributed by atoms with Crippen molar-refractivity contribution in [3.8, 4) is 0 Å². The van der Waals surface area contributed by atoms with Gasteiger partial charge in [-0.15, -0.1) is 0 Å². The van der Waals surface area contributed by atoms with Crippen LogP contribution < -0.4 is 9.80 Å². The molecule has 0 atom stereocenters. The van der Waals surface area contributed by atoms with E-state index >= 15 is 0 Å². The van der Waals surface area contributed by atoms with E-state index in [2.05, 4.69) is 61.8 Å². The first kappa shape index (κ1) is 20.7. The fraction of sp³-hybridized carbons (Fsp3) is 0.500. The van der Waals surface area contributed by atoms with Gasteiger partial charge >= 0.3 is 0 Å². The van der Waals surface area contributed by atoms with Gasteiger partial charge in [-0.1, -0.05) is 24.3 Å². The van der Waals surface area contributed by atoms with Gasteiger partial charge in [0, 0.05) is 49.4 Å². The highest BCUT2D eigenvalue weighted by atomic mass is 16.3. The van der Waals surface area contributed by atoms with Crippen molar-refractivity contribution in [1.82, 2.24) is 0 Å². The molecule has 1 fully saturated rings. The van der Waals surface area contributed by atoms with Crippen LogP contribution in [0.3, 0.4) is 0 Å². The highest BCUT2D eigenvalue weighted by Gasteiger charge is 2.50. The molecule has 4 heteroatoms. The average molecular weight is 383 g/mol. The van der Waals surface area contributed by atoms with Crippen molar-refractivity contribution in [2.45, 2.75) is 51.7 Å². The molecular formula is C24H34N2O2. The highest BCUT2D eigenvalue weighted by Crippen LogP contribution is 2.48. The number of benzene rings is 2. The number of nitrogens with zero attached hydrogens (tertiary/aromatic N) is 2. The molecule has 0 heterocycles. The fourth-order valence-electron chi connectivity index (χ4n) is 4.49. The van der Waals surface area contributed by atoms with E-state index in [1.165, 1.54) is 11.4 Å². The lowest BCUT2D eigenvalue weighted by Crippen LogP contribution is -2.51. The van der Waals surface area contributed by atoms with Gasteiger partial charge in [0.05, 0.1) is 12.2 Å². The van der Waals surface area contributed by atoms with Crippen molar-refractivity contribution in [2.24, 2.45) is 0 Å². The maximum absolute atomic E-state index is 10.8. The summed E-state index contributed by atoms with van der Waals surface area (Å²) in [6.07, 6.45) is -1.12. The standard InChI is InChI=1S/C24H34N2O2/c1-5-25(6-2)19-13-9-17(10-14-19)21-23(27)22(24(21)28)18-11-15-20(16-12-18)26(7-3)8-4/h9-16,21-24,27-28H,5-8H2,1-4H3. The van der Waals surface area contributed by atoms with Crippen LogP contribution >= 0.6 is 0 Å². The Morgan fingerprint density at radius 1 is 0.571 bits per heavy atom. The Morgan fingerprint density at radius 2 is 0.857 bits per heavy atom. The first-order valence-electron chi connectivity index (χ1n) is 10.6. The Kier molecular flexibility index (Phi) is 6.63. The van der Waals surface area contributed by atoms with E-state index in [1.54, 1.807) is 0 Å². The van der Waals surface area contributed by atoms with Gasteiger partial charge in [-0.25, -0.2) is 0 Å². The number of hydrogen-bond donors (Lipinski definition) is 2. The third-order valence-corrected chi connectivity index (χ3v) is 6.28.